The Bertz CT molecular complexity index is 457. The largest absolute Gasteiger partial charge is 0.389 e. The maximum absolute atomic E-state index is 11.9. The molecule has 4 rings (SSSR count). The molecule has 21 heavy (non-hydrogen) atoms. The number of fused-ring (bicyclic) bond motifs is 6. The van der Waals surface area contributed by atoms with Gasteiger partial charge < -0.3 is 5.11 Å². The van der Waals surface area contributed by atoms with Crippen molar-refractivity contribution in [3.63, 3.8) is 0 Å². The zero-order chi connectivity index (χ0) is 15.2. The Labute approximate surface area is 130 Å². The van der Waals surface area contributed by atoms with E-state index < -0.39 is 0 Å². The molecule has 1 heteroatoms. The molecule has 1 N–H and O–H groups in total. The molecular formula is C20H34O. The highest BCUT2D eigenvalue weighted by Gasteiger charge is 2.75. The van der Waals surface area contributed by atoms with Crippen LogP contribution in [0.4, 0.5) is 0 Å². The molecule has 0 saturated heterocycles. The highest BCUT2D eigenvalue weighted by molar-refractivity contribution is 5.24. The van der Waals surface area contributed by atoms with E-state index in [1.807, 2.05) is 0 Å². The van der Waals surface area contributed by atoms with Gasteiger partial charge in [-0.25, -0.2) is 0 Å². The summed E-state index contributed by atoms with van der Waals surface area (Å²) in [5.74, 6) is 4.62. The van der Waals surface area contributed by atoms with Gasteiger partial charge in [0.1, 0.15) is 0 Å². The first-order valence-corrected chi connectivity index (χ1v) is 9.48. The normalized spacial score (nSPS) is 62.1. The zero-order valence-corrected chi connectivity index (χ0v) is 14.7. The van der Waals surface area contributed by atoms with Gasteiger partial charge in [-0.15, -0.1) is 0 Å². The van der Waals surface area contributed by atoms with Crippen LogP contribution in [0, 0.1) is 46.3 Å². The van der Waals surface area contributed by atoms with E-state index >= 15 is 0 Å². The lowest BCUT2D eigenvalue weighted by Crippen LogP contribution is -2.70. The fourth-order valence-electron chi connectivity index (χ4n) is 8.12. The topological polar surface area (TPSA) is 20.2 Å². The minimum absolute atomic E-state index is 0.179. The zero-order valence-electron chi connectivity index (χ0n) is 14.7. The van der Waals surface area contributed by atoms with Crippen molar-refractivity contribution in [2.24, 2.45) is 46.3 Å². The van der Waals surface area contributed by atoms with Gasteiger partial charge in [0, 0.05) is 0 Å². The van der Waals surface area contributed by atoms with Crippen molar-refractivity contribution >= 4 is 0 Å². The lowest BCUT2D eigenvalue weighted by Gasteiger charge is -2.71. The van der Waals surface area contributed by atoms with Crippen LogP contribution >= 0.6 is 0 Å². The standard InChI is InChI=1S/C20H34O/c1-12(2)14-8-9-20(21)17-16-13(3)6-7-15(16)18(17,4)10-11-19(14,20)5/h12-17,21H,6-11H2,1-5H3. The fraction of sp³-hybridized carbons (Fsp3) is 1.00. The quantitative estimate of drug-likeness (QED) is 0.729. The SMILES string of the molecule is CC(C)C1CCC2(O)C3C4C(C)CCC4C3(C)CCC12C. The average molecular weight is 290 g/mol. The predicted octanol–water partition coefficient (Wildman–Crippen LogP) is 4.88. The minimum atomic E-state index is -0.366. The maximum Gasteiger partial charge on any atom is 0.0740 e. The Morgan fingerprint density at radius 1 is 1.00 bits per heavy atom. The molecule has 0 amide bonds. The molecule has 0 spiro atoms. The van der Waals surface area contributed by atoms with Crippen LogP contribution in [0.5, 0.6) is 0 Å². The Hall–Kier alpha value is -0.0400. The van der Waals surface area contributed by atoms with Crippen molar-refractivity contribution in [1.29, 1.82) is 0 Å². The van der Waals surface area contributed by atoms with E-state index in [1.54, 1.807) is 0 Å². The van der Waals surface area contributed by atoms with Crippen LogP contribution < -0.4 is 0 Å². The van der Waals surface area contributed by atoms with Crippen molar-refractivity contribution in [1.82, 2.24) is 0 Å². The lowest BCUT2D eigenvalue weighted by atomic mass is 9.35. The number of hydrogen-bond acceptors (Lipinski definition) is 1. The molecule has 0 bridgehead atoms. The maximum atomic E-state index is 11.9. The smallest absolute Gasteiger partial charge is 0.0740 e. The molecule has 1 nitrogen and oxygen atoms in total. The summed E-state index contributed by atoms with van der Waals surface area (Å²) >= 11 is 0. The van der Waals surface area contributed by atoms with Crippen LogP contribution in [-0.4, -0.2) is 10.7 Å². The number of rotatable bonds is 1. The summed E-state index contributed by atoms with van der Waals surface area (Å²) < 4.78 is 0. The van der Waals surface area contributed by atoms with Gasteiger partial charge in [0.05, 0.1) is 5.60 Å². The first kappa shape index (κ1) is 14.5. The monoisotopic (exact) mass is 290 g/mol. The second-order valence-corrected chi connectivity index (χ2v) is 9.95. The molecular weight excluding hydrogens is 256 g/mol. The molecule has 0 aliphatic heterocycles. The number of aliphatic hydroxyl groups is 1. The third-order valence-corrected chi connectivity index (χ3v) is 9.14. The van der Waals surface area contributed by atoms with Gasteiger partial charge in [-0.3, -0.25) is 0 Å². The van der Waals surface area contributed by atoms with Crippen LogP contribution in [0.25, 0.3) is 0 Å². The van der Waals surface area contributed by atoms with Gasteiger partial charge in [0.25, 0.3) is 0 Å². The molecule has 0 radical (unpaired) electrons. The van der Waals surface area contributed by atoms with Crippen molar-refractivity contribution in [3.8, 4) is 0 Å². The van der Waals surface area contributed by atoms with Gasteiger partial charge in [-0.05, 0) is 78.4 Å². The van der Waals surface area contributed by atoms with Crippen LogP contribution in [0.3, 0.4) is 0 Å². The van der Waals surface area contributed by atoms with Gasteiger partial charge in [0.2, 0.25) is 0 Å². The van der Waals surface area contributed by atoms with Crippen molar-refractivity contribution in [2.75, 3.05) is 0 Å². The van der Waals surface area contributed by atoms with Gasteiger partial charge in [-0.2, -0.15) is 0 Å². The molecule has 0 aromatic rings. The summed E-state index contributed by atoms with van der Waals surface area (Å²) in [7, 11) is 0. The Kier molecular flexibility index (Phi) is 2.82. The number of hydrogen-bond donors (Lipinski definition) is 1. The van der Waals surface area contributed by atoms with Crippen LogP contribution in [0.1, 0.15) is 73.1 Å². The molecule has 8 atom stereocenters. The molecule has 0 heterocycles. The van der Waals surface area contributed by atoms with E-state index in [0.29, 0.717) is 17.3 Å². The first-order chi connectivity index (χ1) is 9.76. The first-order valence-electron chi connectivity index (χ1n) is 9.48. The van der Waals surface area contributed by atoms with Gasteiger partial charge >= 0.3 is 0 Å². The third kappa shape index (κ3) is 1.44. The summed E-state index contributed by atoms with van der Waals surface area (Å²) in [6.07, 6.45) is 7.79. The second kappa shape index (κ2) is 4.08. The molecule has 4 fully saturated rings. The molecule has 8 unspecified atom stereocenters. The highest BCUT2D eigenvalue weighted by Crippen LogP contribution is 2.77. The van der Waals surface area contributed by atoms with Crippen LogP contribution in [-0.2, 0) is 0 Å². The molecule has 120 valence electrons. The van der Waals surface area contributed by atoms with E-state index in [-0.39, 0.29) is 11.0 Å². The lowest BCUT2D eigenvalue weighted by molar-refractivity contribution is -0.279. The Morgan fingerprint density at radius 2 is 1.71 bits per heavy atom. The molecule has 4 aliphatic rings. The van der Waals surface area contributed by atoms with Crippen molar-refractivity contribution in [3.05, 3.63) is 0 Å². The van der Waals surface area contributed by atoms with Crippen molar-refractivity contribution < 1.29 is 5.11 Å². The predicted molar refractivity (Wildman–Crippen MR) is 86.8 cm³/mol. The summed E-state index contributed by atoms with van der Waals surface area (Å²) in [5, 5.41) is 11.9. The van der Waals surface area contributed by atoms with Crippen LogP contribution in [0.15, 0.2) is 0 Å². The summed E-state index contributed by atoms with van der Waals surface area (Å²) in [4.78, 5) is 0. The van der Waals surface area contributed by atoms with E-state index in [0.717, 1.165) is 30.1 Å². The third-order valence-electron chi connectivity index (χ3n) is 9.14. The molecule has 0 aromatic carbocycles. The van der Waals surface area contributed by atoms with Crippen molar-refractivity contribution in [2.45, 2.75) is 78.7 Å². The van der Waals surface area contributed by atoms with E-state index in [9.17, 15) is 5.11 Å². The second-order valence-electron chi connectivity index (χ2n) is 9.95. The van der Waals surface area contributed by atoms with Gasteiger partial charge in [-0.1, -0.05) is 41.0 Å². The Balaban J connectivity index is 1.75. The molecule has 4 aliphatic carbocycles. The van der Waals surface area contributed by atoms with E-state index in [2.05, 4.69) is 34.6 Å². The summed E-state index contributed by atoms with van der Waals surface area (Å²) in [5.41, 5.74) is 0.267. The fourth-order valence-corrected chi connectivity index (χ4v) is 8.12. The highest BCUT2D eigenvalue weighted by atomic mass is 16.3. The van der Waals surface area contributed by atoms with Gasteiger partial charge in [0.15, 0.2) is 0 Å². The van der Waals surface area contributed by atoms with E-state index in [1.165, 1.54) is 32.1 Å². The molecule has 4 saturated carbocycles. The minimum Gasteiger partial charge on any atom is -0.389 e. The Morgan fingerprint density at radius 3 is 2.38 bits per heavy atom. The molecule has 0 aromatic heterocycles. The van der Waals surface area contributed by atoms with E-state index in [4.69, 9.17) is 0 Å². The van der Waals surface area contributed by atoms with Crippen LogP contribution in [0.2, 0.25) is 0 Å². The summed E-state index contributed by atoms with van der Waals surface area (Å²) in [6, 6.07) is 0. The summed E-state index contributed by atoms with van der Waals surface area (Å²) in [6.45, 7) is 12.2. The average Bonchev–Trinajstić information content (AvgIpc) is 2.85.